The molecule has 126 valence electrons. The third-order valence-corrected chi connectivity index (χ3v) is 3.27. The van der Waals surface area contributed by atoms with Crippen LogP contribution in [-0.2, 0) is 9.53 Å². The van der Waals surface area contributed by atoms with Gasteiger partial charge in [-0.1, -0.05) is 0 Å². The van der Waals surface area contributed by atoms with Crippen LogP contribution in [0.3, 0.4) is 0 Å². The lowest BCUT2D eigenvalue weighted by Gasteiger charge is -2.32. The van der Waals surface area contributed by atoms with Crippen LogP contribution in [0.25, 0.3) is 0 Å². The van der Waals surface area contributed by atoms with Gasteiger partial charge >= 0.3 is 11.7 Å². The fourth-order valence-electron chi connectivity index (χ4n) is 2.20. The molecule has 0 atom stereocenters. The second-order valence-corrected chi connectivity index (χ2v) is 6.41. The number of nitrogens with zero attached hydrogens (tertiary/aromatic N) is 5. The second-order valence-electron chi connectivity index (χ2n) is 6.41. The van der Waals surface area contributed by atoms with Crippen LogP contribution >= 0.6 is 0 Å². The fraction of sp³-hybridized carbons (Fsp3) is 0.643. The van der Waals surface area contributed by atoms with Gasteiger partial charge in [0, 0.05) is 20.1 Å². The van der Waals surface area contributed by atoms with E-state index in [1.807, 2.05) is 4.90 Å². The molecule has 0 radical (unpaired) electrons. The predicted octanol–water partition coefficient (Wildman–Crippen LogP) is 1.37. The van der Waals surface area contributed by atoms with Crippen LogP contribution < -0.4 is 9.80 Å². The zero-order chi connectivity index (χ0) is 17.2. The zero-order valence-electron chi connectivity index (χ0n) is 13.8. The van der Waals surface area contributed by atoms with Gasteiger partial charge in [0.1, 0.15) is 18.5 Å². The van der Waals surface area contributed by atoms with E-state index in [0.29, 0.717) is 5.82 Å². The van der Waals surface area contributed by atoms with Gasteiger partial charge in [-0.3, -0.25) is 14.9 Å². The molecule has 1 aromatic heterocycles. The average molecular weight is 323 g/mol. The topological polar surface area (TPSA) is 102 Å². The maximum absolute atomic E-state index is 11.9. The van der Waals surface area contributed by atoms with Crippen molar-refractivity contribution in [3.63, 3.8) is 0 Å². The summed E-state index contributed by atoms with van der Waals surface area (Å²) in [6.07, 6.45) is 2.26. The van der Waals surface area contributed by atoms with E-state index in [0.717, 1.165) is 19.5 Å². The Kier molecular flexibility index (Phi) is 4.67. The first-order valence-corrected chi connectivity index (χ1v) is 7.36. The Morgan fingerprint density at radius 1 is 1.43 bits per heavy atom. The molecule has 0 spiro atoms. The minimum absolute atomic E-state index is 0.109. The lowest BCUT2D eigenvalue weighted by Crippen LogP contribution is -2.39. The smallest absolute Gasteiger partial charge is 0.353 e. The summed E-state index contributed by atoms with van der Waals surface area (Å²) in [4.78, 5) is 34.1. The summed E-state index contributed by atoms with van der Waals surface area (Å²) in [5.74, 6) is -0.0709. The van der Waals surface area contributed by atoms with Crippen molar-refractivity contribution in [2.75, 3.05) is 36.5 Å². The highest BCUT2D eigenvalue weighted by atomic mass is 16.6. The highest BCUT2D eigenvalue weighted by molar-refractivity contribution is 5.79. The number of nitro groups is 1. The van der Waals surface area contributed by atoms with Crippen molar-refractivity contribution in [3.05, 3.63) is 16.4 Å². The molecule has 9 heteroatoms. The number of rotatable bonds is 5. The third-order valence-electron chi connectivity index (χ3n) is 3.27. The van der Waals surface area contributed by atoms with Crippen LogP contribution in [0.4, 0.5) is 17.3 Å². The van der Waals surface area contributed by atoms with Crippen molar-refractivity contribution >= 4 is 23.3 Å². The van der Waals surface area contributed by atoms with Crippen LogP contribution in [0.1, 0.15) is 27.2 Å². The van der Waals surface area contributed by atoms with E-state index in [1.165, 1.54) is 11.2 Å². The van der Waals surface area contributed by atoms with E-state index in [-0.39, 0.29) is 18.1 Å². The molecule has 1 saturated heterocycles. The van der Waals surface area contributed by atoms with Gasteiger partial charge in [0.15, 0.2) is 0 Å². The molecule has 0 N–H and O–H groups in total. The number of aromatic nitrogens is 2. The van der Waals surface area contributed by atoms with Crippen LogP contribution in [0.2, 0.25) is 0 Å². The van der Waals surface area contributed by atoms with Crippen molar-refractivity contribution in [2.45, 2.75) is 32.8 Å². The van der Waals surface area contributed by atoms with E-state index in [1.54, 1.807) is 27.8 Å². The molecule has 2 rings (SSSR count). The lowest BCUT2D eigenvalue weighted by molar-refractivity contribution is -0.383. The van der Waals surface area contributed by atoms with Gasteiger partial charge in [-0.2, -0.15) is 0 Å². The van der Waals surface area contributed by atoms with E-state index in [2.05, 4.69) is 9.97 Å². The largest absolute Gasteiger partial charge is 0.459 e. The molecule has 0 unspecified atom stereocenters. The van der Waals surface area contributed by atoms with Crippen molar-refractivity contribution in [1.82, 2.24) is 9.97 Å². The summed E-state index contributed by atoms with van der Waals surface area (Å²) < 4.78 is 5.24. The number of carbonyl (C=O) groups is 1. The third kappa shape index (κ3) is 4.05. The SMILES string of the molecule is CN(CC(=O)OC(C)(C)C)c1ncnc(N2CCC2)c1[N+](=O)[O-]. The molecule has 0 bridgehead atoms. The van der Waals surface area contributed by atoms with Crippen LogP contribution in [0, 0.1) is 10.1 Å². The average Bonchev–Trinajstić information content (AvgIpc) is 2.33. The monoisotopic (exact) mass is 323 g/mol. The standard InChI is InChI=1S/C14H21N5O4/c1-14(2,3)23-10(20)8-17(4)12-11(19(21)22)13(16-9-15-12)18-6-5-7-18/h9H,5-8H2,1-4H3. The number of hydrogen-bond acceptors (Lipinski definition) is 8. The van der Waals surface area contributed by atoms with Gasteiger partial charge in [0.05, 0.1) is 4.92 Å². The van der Waals surface area contributed by atoms with E-state index in [4.69, 9.17) is 4.74 Å². The Bertz CT molecular complexity index is 610. The highest BCUT2D eigenvalue weighted by Crippen LogP contribution is 2.35. The van der Waals surface area contributed by atoms with E-state index in [9.17, 15) is 14.9 Å². The Hall–Kier alpha value is -2.45. The number of ether oxygens (including phenoxy) is 1. The van der Waals surface area contributed by atoms with Crippen LogP contribution in [0.15, 0.2) is 6.33 Å². The normalized spacial score (nSPS) is 14.2. The number of likely N-dealkylation sites (N-methyl/N-ethyl adjacent to an activating group) is 1. The summed E-state index contributed by atoms with van der Waals surface area (Å²) >= 11 is 0. The molecule has 0 aliphatic carbocycles. The molecule has 9 nitrogen and oxygen atoms in total. The fourth-order valence-corrected chi connectivity index (χ4v) is 2.20. The molecule has 0 amide bonds. The molecule has 2 heterocycles. The van der Waals surface area contributed by atoms with Crippen LogP contribution in [0.5, 0.6) is 0 Å². The Labute approximate surface area is 134 Å². The van der Waals surface area contributed by atoms with Crippen LogP contribution in [-0.4, -0.2) is 53.1 Å². The zero-order valence-corrected chi connectivity index (χ0v) is 13.8. The summed E-state index contributed by atoms with van der Waals surface area (Å²) in [6.45, 7) is 6.62. The molecule has 1 aliphatic heterocycles. The minimum Gasteiger partial charge on any atom is -0.459 e. The maximum Gasteiger partial charge on any atom is 0.353 e. The first-order chi connectivity index (χ1) is 10.7. The number of carbonyl (C=O) groups excluding carboxylic acids is 1. The van der Waals surface area contributed by atoms with Gasteiger partial charge in [0.25, 0.3) is 0 Å². The summed E-state index contributed by atoms with van der Waals surface area (Å²) in [5, 5.41) is 11.5. The van der Waals surface area contributed by atoms with Crippen molar-refractivity contribution < 1.29 is 14.5 Å². The second kappa shape index (κ2) is 6.35. The quantitative estimate of drug-likeness (QED) is 0.455. The van der Waals surface area contributed by atoms with Crippen molar-refractivity contribution in [3.8, 4) is 0 Å². The summed E-state index contributed by atoms with van der Waals surface area (Å²) in [7, 11) is 1.57. The highest BCUT2D eigenvalue weighted by Gasteiger charge is 2.32. The molecule has 23 heavy (non-hydrogen) atoms. The van der Waals surface area contributed by atoms with Gasteiger partial charge < -0.3 is 14.5 Å². The molecular formula is C14H21N5O4. The van der Waals surface area contributed by atoms with Crippen molar-refractivity contribution in [1.29, 1.82) is 0 Å². The summed E-state index contributed by atoms with van der Waals surface area (Å²) in [6, 6.07) is 0. The van der Waals surface area contributed by atoms with E-state index < -0.39 is 16.5 Å². The first-order valence-electron chi connectivity index (χ1n) is 7.36. The van der Waals surface area contributed by atoms with Gasteiger partial charge in [-0.25, -0.2) is 9.97 Å². The number of anilines is 2. The van der Waals surface area contributed by atoms with E-state index >= 15 is 0 Å². The molecule has 1 aromatic rings. The molecule has 0 aromatic carbocycles. The van der Waals surface area contributed by atoms with Gasteiger partial charge in [0.2, 0.25) is 11.6 Å². The number of esters is 1. The van der Waals surface area contributed by atoms with Crippen molar-refractivity contribution in [2.24, 2.45) is 0 Å². The Balaban J connectivity index is 2.24. The molecule has 0 saturated carbocycles. The van der Waals surface area contributed by atoms with Gasteiger partial charge in [-0.15, -0.1) is 0 Å². The first kappa shape index (κ1) is 16.9. The Morgan fingerprint density at radius 2 is 2.09 bits per heavy atom. The van der Waals surface area contributed by atoms with Gasteiger partial charge in [-0.05, 0) is 27.2 Å². The number of hydrogen-bond donors (Lipinski definition) is 0. The predicted molar refractivity (Wildman–Crippen MR) is 84.6 cm³/mol. The lowest BCUT2D eigenvalue weighted by atomic mass is 10.2. The minimum atomic E-state index is -0.613. The molecule has 1 fully saturated rings. The Morgan fingerprint density at radius 3 is 2.57 bits per heavy atom. The summed E-state index contributed by atoms with van der Waals surface area (Å²) in [5.41, 5.74) is -0.795. The maximum atomic E-state index is 11.9. The molecule has 1 aliphatic rings. The molecular weight excluding hydrogens is 302 g/mol.